The fraction of sp³-hybridized carbons (Fsp3) is 0.435. The van der Waals surface area contributed by atoms with Crippen molar-refractivity contribution >= 4 is 21.6 Å². The number of amides is 1. The molecule has 1 saturated heterocycles. The highest BCUT2D eigenvalue weighted by atomic mass is 32.2. The summed E-state index contributed by atoms with van der Waals surface area (Å²) >= 11 is 0. The molecular formula is C23H30N2O6S. The molecule has 0 radical (unpaired) electrons. The van der Waals surface area contributed by atoms with Crippen molar-refractivity contribution in [2.45, 2.75) is 24.2 Å². The first-order valence-electron chi connectivity index (χ1n) is 10.7. The number of rotatable bonds is 11. The van der Waals surface area contributed by atoms with Crippen LogP contribution in [0.4, 0.5) is 5.69 Å². The molecule has 3 rings (SSSR count). The average Bonchev–Trinajstić information content (AvgIpc) is 2.82. The molecule has 0 saturated carbocycles. The van der Waals surface area contributed by atoms with Crippen molar-refractivity contribution in [3.05, 3.63) is 54.1 Å². The maximum absolute atomic E-state index is 13.0. The third-order valence-electron chi connectivity index (χ3n) is 5.11. The van der Waals surface area contributed by atoms with E-state index in [2.05, 4.69) is 17.4 Å². The number of carbonyl (C=O) groups is 1. The van der Waals surface area contributed by atoms with Gasteiger partial charge in [-0.2, -0.15) is 4.31 Å². The molecule has 32 heavy (non-hydrogen) atoms. The van der Waals surface area contributed by atoms with Gasteiger partial charge in [-0.05, 0) is 36.6 Å². The van der Waals surface area contributed by atoms with E-state index in [4.69, 9.17) is 14.2 Å². The van der Waals surface area contributed by atoms with Crippen molar-refractivity contribution in [2.75, 3.05) is 51.9 Å². The van der Waals surface area contributed by atoms with Crippen LogP contribution in [0, 0.1) is 0 Å². The predicted octanol–water partition coefficient (Wildman–Crippen LogP) is 2.69. The minimum atomic E-state index is -3.76. The molecule has 0 aliphatic carbocycles. The van der Waals surface area contributed by atoms with Crippen LogP contribution in [0.1, 0.15) is 18.4 Å². The summed E-state index contributed by atoms with van der Waals surface area (Å²) < 4.78 is 43.6. The maximum Gasteiger partial charge on any atom is 0.246 e. The zero-order chi connectivity index (χ0) is 22.8. The smallest absolute Gasteiger partial charge is 0.246 e. The Balaban J connectivity index is 1.49. The van der Waals surface area contributed by atoms with Gasteiger partial charge in [0.2, 0.25) is 15.9 Å². The summed E-state index contributed by atoms with van der Waals surface area (Å²) in [5.74, 6) is 0.0397. The predicted molar refractivity (Wildman–Crippen MR) is 121 cm³/mol. The molecule has 1 amide bonds. The molecule has 2 aromatic carbocycles. The molecule has 174 valence electrons. The normalized spacial score (nSPS) is 14.8. The van der Waals surface area contributed by atoms with Crippen molar-refractivity contribution in [3.63, 3.8) is 0 Å². The number of hydrogen-bond donors (Lipinski definition) is 1. The van der Waals surface area contributed by atoms with Gasteiger partial charge in [0.05, 0.1) is 26.9 Å². The number of ether oxygens (including phenoxy) is 3. The Morgan fingerprint density at radius 1 is 1.09 bits per heavy atom. The molecule has 0 atom stereocenters. The molecule has 2 aromatic rings. The maximum atomic E-state index is 13.0. The molecule has 0 bridgehead atoms. The van der Waals surface area contributed by atoms with E-state index in [1.807, 2.05) is 18.2 Å². The van der Waals surface area contributed by atoms with Gasteiger partial charge in [-0.15, -0.1) is 0 Å². The minimum Gasteiger partial charge on any atom is -0.495 e. The molecule has 1 aliphatic heterocycles. The second-order valence-corrected chi connectivity index (χ2v) is 9.29. The Bertz CT molecular complexity index is 975. The zero-order valence-electron chi connectivity index (χ0n) is 18.3. The fourth-order valence-electron chi connectivity index (χ4n) is 3.38. The third-order valence-corrected chi connectivity index (χ3v) is 7.03. The molecule has 1 aliphatic rings. The van der Waals surface area contributed by atoms with Crippen LogP contribution in [-0.2, 0) is 30.7 Å². The van der Waals surface area contributed by atoms with E-state index in [9.17, 15) is 13.2 Å². The van der Waals surface area contributed by atoms with Gasteiger partial charge in [-0.25, -0.2) is 8.42 Å². The van der Waals surface area contributed by atoms with Crippen molar-refractivity contribution in [3.8, 4) is 5.75 Å². The number of carbonyl (C=O) groups excluding carboxylic acids is 1. The lowest BCUT2D eigenvalue weighted by atomic mass is 10.2. The molecule has 0 aromatic heterocycles. The number of benzene rings is 2. The van der Waals surface area contributed by atoms with Gasteiger partial charge in [0.15, 0.2) is 0 Å². The second-order valence-electron chi connectivity index (χ2n) is 7.38. The quantitative estimate of drug-likeness (QED) is 0.516. The van der Waals surface area contributed by atoms with E-state index in [0.717, 1.165) is 6.42 Å². The molecule has 1 N–H and O–H groups in total. The van der Waals surface area contributed by atoms with E-state index >= 15 is 0 Å². The molecular weight excluding hydrogens is 432 g/mol. The molecule has 1 heterocycles. The van der Waals surface area contributed by atoms with Crippen molar-refractivity contribution in [2.24, 2.45) is 0 Å². The standard InChI is InChI=1S/C23H30N2O6S/c1-29-21-10-9-20(18-22(21)32(27,28)25-12-16-31-17-13-25)24-23(26)8-5-14-30-15-11-19-6-3-2-4-7-19/h2-4,6-7,9-10,18H,5,8,11-17H2,1H3,(H,24,26). The Hall–Kier alpha value is -2.46. The summed E-state index contributed by atoms with van der Waals surface area (Å²) in [5, 5.41) is 2.77. The van der Waals surface area contributed by atoms with E-state index < -0.39 is 10.0 Å². The van der Waals surface area contributed by atoms with Crippen molar-refractivity contribution in [1.29, 1.82) is 0 Å². The molecule has 9 heteroatoms. The van der Waals surface area contributed by atoms with E-state index in [-0.39, 0.29) is 36.1 Å². The first kappa shape index (κ1) is 24.2. The van der Waals surface area contributed by atoms with Gasteiger partial charge in [0.25, 0.3) is 0 Å². The molecule has 1 fully saturated rings. The van der Waals surface area contributed by atoms with Crippen LogP contribution in [-0.4, -0.2) is 65.3 Å². The highest BCUT2D eigenvalue weighted by Gasteiger charge is 2.29. The number of sulfonamides is 1. The van der Waals surface area contributed by atoms with Crippen LogP contribution in [0.3, 0.4) is 0 Å². The lowest BCUT2D eigenvalue weighted by molar-refractivity contribution is -0.116. The van der Waals surface area contributed by atoms with E-state index in [1.165, 1.54) is 23.0 Å². The molecule has 8 nitrogen and oxygen atoms in total. The van der Waals surface area contributed by atoms with Crippen LogP contribution in [0.15, 0.2) is 53.4 Å². The largest absolute Gasteiger partial charge is 0.495 e. The van der Waals surface area contributed by atoms with Crippen molar-refractivity contribution in [1.82, 2.24) is 4.31 Å². The van der Waals surface area contributed by atoms with Crippen molar-refractivity contribution < 1.29 is 27.4 Å². The second kappa shape index (κ2) is 12.0. The number of nitrogens with one attached hydrogen (secondary N) is 1. The Labute approximate surface area is 189 Å². The summed E-state index contributed by atoms with van der Waals surface area (Å²) in [7, 11) is -2.34. The third kappa shape index (κ3) is 6.77. The Morgan fingerprint density at radius 3 is 2.56 bits per heavy atom. The number of methoxy groups -OCH3 is 1. The number of nitrogens with zero attached hydrogens (tertiary/aromatic N) is 1. The summed E-state index contributed by atoms with van der Waals surface area (Å²) in [4.78, 5) is 12.3. The van der Waals surface area contributed by atoms with Crippen LogP contribution >= 0.6 is 0 Å². The fourth-order valence-corrected chi connectivity index (χ4v) is 4.97. The van der Waals surface area contributed by atoms with Gasteiger partial charge in [-0.3, -0.25) is 4.79 Å². The number of hydrogen-bond acceptors (Lipinski definition) is 6. The summed E-state index contributed by atoms with van der Waals surface area (Å²) in [6, 6.07) is 14.7. The summed E-state index contributed by atoms with van der Waals surface area (Å²) in [5.41, 5.74) is 1.63. The van der Waals surface area contributed by atoms with E-state index in [1.54, 1.807) is 12.1 Å². The topological polar surface area (TPSA) is 94.2 Å². The van der Waals surface area contributed by atoms with Gasteiger partial charge in [0, 0.05) is 31.8 Å². The lowest BCUT2D eigenvalue weighted by Crippen LogP contribution is -2.40. The average molecular weight is 463 g/mol. The highest BCUT2D eigenvalue weighted by molar-refractivity contribution is 7.89. The van der Waals surface area contributed by atoms with Gasteiger partial charge >= 0.3 is 0 Å². The first-order valence-corrected chi connectivity index (χ1v) is 12.1. The van der Waals surface area contributed by atoms with Crippen LogP contribution < -0.4 is 10.1 Å². The Kier molecular flexibility index (Phi) is 9.04. The first-order chi connectivity index (χ1) is 15.5. The lowest BCUT2D eigenvalue weighted by Gasteiger charge is -2.26. The number of morpholine rings is 1. The van der Waals surface area contributed by atoms with Crippen LogP contribution in [0.5, 0.6) is 5.75 Å². The monoisotopic (exact) mass is 462 g/mol. The zero-order valence-corrected chi connectivity index (χ0v) is 19.1. The van der Waals surface area contributed by atoms with Gasteiger partial charge < -0.3 is 19.5 Å². The van der Waals surface area contributed by atoms with Crippen LogP contribution in [0.25, 0.3) is 0 Å². The SMILES string of the molecule is COc1ccc(NC(=O)CCCOCCc2ccccc2)cc1S(=O)(=O)N1CCOCC1. The highest BCUT2D eigenvalue weighted by Crippen LogP contribution is 2.30. The summed E-state index contributed by atoms with van der Waals surface area (Å²) in [6.45, 7) is 2.36. The summed E-state index contributed by atoms with van der Waals surface area (Å²) in [6.07, 6.45) is 1.69. The van der Waals surface area contributed by atoms with E-state index in [0.29, 0.717) is 38.5 Å². The minimum absolute atomic E-state index is 0.0314. The van der Waals surface area contributed by atoms with Gasteiger partial charge in [-0.1, -0.05) is 30.3 Å². The Morgan fingerprint density at radius 2 is 1.84 bits per heavy atom. The number of anilines is 1. The van der Waals surface area contributed by atoms with Crippen LogP contribution in [0.2, 0.25) is 0 Å². The molecule has 0 spiro atoms. The molecule has 0 unspecified atom stereocenters. The van der Waals surface area contributed by atoms with Gasteiger partial charge in [0.1, 0.15) is 10.6 Å².